The second-order valence-corrected chi connectivity index (χ2v) is 6.30. The molecule has 1 aromatic heterocycles. The van der Waals surface area contributed by atoms with Gasteiger partial charge in [-0.2, -0.15) is 5.10 Å². The molecule has 1 rings (SSSR count). The maximum Gasteiger partial charge on any atom is 0.0702 e. The Morgan fingerprint density at radius 1 is 1.50 bits per heavy atom. The summed E-state index contributed by atoms with van der Waals surface area (Å²) < 4.78 is 8.21. The summed E-state index contributed by atoms with van der Waals surface area (Å²) in [5, 5.41) is 7.97. The van der Waals surface area contributed by atoms with Crippen LogP contribution < -0.4 is 5.32 Å². The summed E-state index contributed by atoms with van der Waals surface area (Å²) in [5.74, 6) is 0. The van der Waals surface area contributed by atoms with E-state index < -0.39 is 0 Å². The van der Waals surface area contributed by atoms with Crippen LogP contribution >= 0.6 is 15.9 Å². The lowest BCUT2D eigenvalue weighted by Crippen LogP contribution is -2.34. The molecule has 0 fully saturated rings. The minimum atomic E-state index is 0.128. The van der Waals surface area contributed by atoms with E-state index >= 15 is 0 Å². The van der Waals surface area contributed by atoms with Gasteiger partial charge in [-0.25, -0.2) is 0 Å². The standard InChI is InChI=1S/C13H24BrN3O/c1-6-15-12(13(2,3)4)11-10(14)9-16-17(11)7-8-18-5/h9,12,15H,6-8H2,1-5H3. The summed E-state index contributed by atoms with van der Waals surface area (Å²) in [6, 6.07) is 0.260. The molecule has 0 bridgehead atoms. The van der Waals surface area contributed by atoms with Crippen molar-refractivity contribution in [2.45, 2.75) is 40.3 Å². The molecule has 1 heterocycles. The van der Waals surface area contributed by atoms with E-state index in [1.54, 1.807) is 7.11 Å². The largest absolute Gasteiger partial charge is 0.383 e. The Bertz CT molecular complexity index is 371. The van der Waals surface area contributed by atoms with Gasteiger partial charge in [-0.3, -0.25) is 4.68 Å². The topological polar surface area (TPSA) is 39.1 Å². The molecule has 0 amide bonds. The minimum absolute atomic E-state index is 0.128. The number of hydrogen-bond donors (Lipinski definition) is 1. The summed E-state index contributed by atoms with van der Waals surface area (Å²) in [6.45, 7) is 11.2. The first kappa shape index (κ1) is 15.7. The fourth-order valence-electron chi connectivity index (χ4n) is 2.03. The van der Waals surface area contributed by atoms with Gasteiger partial charge in [0.2, 0.25) is 0 Å². The van der Waals surface area contributed by atoms with Crippen LogP contribution in [0.3, 0.4) is 0 Å². The minimum Gasteiger partial charge on any atom is -0.383 e. The van der Waals surface area contributed by atoms with Crippen molar-refractivity contribution in [3.05, 3.63) is 16.4 Å². The third kappa shape index (κ3) is 3.80. The quantitative estimate of drug-likeness (QED) is 0.876. The van der Waals surface area contributed by atoms with Gasteiger partial charge in [0.15, 0.2) is 0 Å². The summed E-state index contributed by atoms with van der Waals surface area (Å²) in [4.78, 5) is 0. The van der Waals surface area contributed by atoms with E-state index in [0.29, 0.717) is 6.61 Å². The number of aromatic nitrogens is 2. The molecule has 5 heteroatoms. The van der Waals surface area contributed by atoms with E-state index in [9.17, 15) is 0 Å². The number of methoxy groups -OCH3 is 1. The van der Waals surface area contributed by atoms with E-state index in [1.807, 2.05) is 10.9 Å². The Labute approximate surface area is 118 Å². The number of ether oxygens (including phenoxy) is 1. The Balaban J connectivity index is 3.06. The summed E-state index contributed by atoms with van der Waals surface area (Å²) >= 11 is 3.61. The normalized spacial score (nSPS) is 13.9. The molecule has 1 aromatic rings. The van der Waals surface area contributed by atoms with Gasteiger partial charge in [0.25, 0.3) is 0 Å². The highest BCUT2D eigenvalue weighted by Crippen LogP contribution is 2.36. The van der Waals surface area contributed by atoms with Gasteiger partial charge >= 0.3 is 0 Å². The van der Waals surface area contributed by atoms with Crippen LogP contribution in [0.4, 0.5) is 0 Å². The third-order valence-electron chi connectivity index (χ3n) is 2.89. The molecule has 0 aliphatic heterocycles. The molecule has 1 atom stereocenters. The highest BCUT2D eigenvalue weighted by molar-refractivity contribution is 9.10. The van der Waals surface area contributed by atoms with Crippen molar-refractivity contribution in [2.75, 3.05) is 20.3 Å². The van der Waals surface area contributed by atoms with Gasteiger partial charge in [-0.15, -0.1) is 0 Å². The second kappa shape index (κ2) is 6.68. The maximum absolute atomic E-state index is 5.14. The van der Waals surface area contributed by atoms with Crippen LogP contribution in [0.15, 0.2) is 10.7 Å². The van der Waals surface area contributed by atoms with Crippen molar-refractivity contribution < 1.29 is 4.74 Å². The fraction of sp³-hybridized carbons (Fsp3) is 0.769. The van der Waals surface area contributed by atoms with Crippen molar-refractivity contribution in [1.82, 2.24) is 15.1 Å². The van der Waals surface area contributed by atoms with Crippen molar-refractivity contribution in [3.63, 3.8) is 0 Å². The molecule has 1 N–H and O–H groups in total. The van der Waals surface area contributed by atoms with Gasteiger partial charge in [0, 0.05) is 7.11 Å². The van der Waals surface area contributed by atoms with Crippen molar-refractivity contribution in [3.8, 4) is 0 Å². The third-order valence-corrected chi connectivity index (χ3v) is 3.50. The summed E-state index contributed by atoms with van der Waals surface area (Å²) in [7, 11) is 1.71. The van der Waals surface area contributed by atoms with E-state index in [4.69, 9.17) is 4.74 Å². The highest BCUT2D eigenvalue weighted by atomic mass is 79.9. The van der Waals surface area contributed by atoms with Crippen molar-refractivity contribution in [2.24, 2.45) is 5.41 Å². The van der Waals surface area contributed by atoms with Crippen molar-refractivity contribution in [1.29, 1.82) is 0 Å². The molecule has 104 valence electrons. The van der Waals surface area contributed by atoms with E-state index in [2.05, 4.69) is 54.0 Å². The van der Waals surface area contributed by atoms with Gasteiger partial charge in [0.1, 0.15) is 0 Å². The van der Waals surface area contributed by atoms with Crippen LogP contribution in [0.5, 0.6) is 0 Å². The highest BCUT2D eigenvalue weighted by Gasteiger charge is 2.30. The number of nitrogens with one attached hydrogen (secondary N) is 1. The van der Waals surface area contributed by atoms with Crippen LogP contribution in [0, 0.1) is 5.41 Å². The summed E-state index contributed by atoms with van der Waals surface area (Å²) in [5.41, 5.74) is 1.32. The first-order valence-corrected chi connectivity index (χ1v) is 7.14. The molecule has 18 heavy (non-hydrogen) atoms. The first-order chi connectivity index (χ1) is 8.41. The average molecular weight is 318 g/mol. The zero-order chi connectivity index (χ0) is 13.8. The predicted molar refractivity (Wildman–Crippen MR) is 77.7 cm³/mol. The second-order valence-electron chi connectivity index (χ2n) is 5.45. The number of rotatable bonds is 6. The average Bonchev–Trinajstić information content (AvgIpc) is 2.63. The molecule has 0 saturated carbocycles. The van der Waals surface area contributed by atoms with E-state index in [1.165, 1.54) is 5.69 Å². The van der Waals surface area contributed by atoms with Crippen LogP contribution in [-0.2, 0) is 11.3 Å². The predicted octanol–water partition coefficient (Wildman–Crippen LogP) is 2.99. The molecule has 0 radical (unpaired) electrons. The van der Waals surface area contributed by atoms with E-state index in [-0.39, 0.29) is 11.5 Å². The van der Waals surface area contributed by atoms with Gasteiger partial charge in [0.05, 0.1) is 35.6 Å². The maximum atomic E-state index is 5.14. The lowest BCUT2D eigenvalue weighted by Gasteiger charge is -2.32. The van der Waals surface area contributed by atoms with Gasteiger partial charge in [-0.1, -0.05) is 27.7 Å². The number of hydrogen-bond acceptors (Lipinski definition) is 3. The lowest BCUT2D eigenvalue weighted by molar-refractivity contribution is 0.178. The molecule has 0 aliphatic rings. The van der Waals surface area contributed by atoms with Crippen molar-refractivity contribution >= 4 is 15.9 Å². The molecule has 1 unspecified atom stereocenters. The fourth-order valence-corrected chi connectivity index (χ4v) is 2.56. The Kier molecular flexibility index (Phi) is 5.82. The first-order valence-electron chi connectivity index (χ1n) is 6.35. The lowest BCUT2D eigenvalue weighted by atomic mass is 9.84. The molecule has 0 spiro atoms. The molecule has 0 aromatic carbocycles. The van der Waals surface area contributed by atoms with Gasteiger partial charge in [-0.05, 0) is 27.9 Å². The molecule has 4 nitrogen and oxygen atoms in total. The SMILES string of the molecule is CCNC(c1c(Br)cnn1CCOC)C(C)(C)C. The smallest absolute Gasteiger partial charge is 0.0702 e. The van der Waals surface area contributed by atoms with Crippen LogP contribution in [0.2, 0.25) is 0 Å². The van der Waals surface area contributed by atoms with Crippen LogP contribution in [0.25, 0.3) is 0 Å². The van der Waals surface area contributed by atoms with Crippen LogP contribution in [-0.4, -0.2) is 30.0 Å². The van der Waals surface area contributed by atoms with Crippen LogP contribution in [0.1, 0.15) is 39.4 Å². The molecular formula is C13H24BrN3O. The monoisotopic (exact) mass is 317 g/mol. The Morgan fingerprint density at radius 3 is 2.67 bits per heavy atom. The Hall–Kier alpha value is -0.390. The zero-order valence-electron chi connectivity index (χ0n) is 12.0. The molecular weight excluding hydrogens is 294 g/mol. The van der Waals surface area contributed by atoms with E-state index in [0.717, 1.165) is 17.6 Å². The zero-order valence-corrected chi connectivity index (χ0v) is 13.5. The Morgan fingerprint density at radius 2 is 2.17 bits per heavy atom. The number of nitrogens with zero attached hydrogens (tertiary/aromatic N) is 2. The molecule has 0 aliphatic carbocycles. The summed E-state index contributed by atoms with van der Waals surface area (Å²) in [6.07, 6.45) is 1.86. The number of halogens is 1. The van der Waals surface area contributed by atoms with Gasteiger partial charge < -0.3 is 10.1 Å². The molecule has 0 saturated heterocycles.